The molecule has 0 bridgehead atoms. The average Bonchev–Trinajstić information content (AvgIpc) is 1.89. The Hall–Kier alpha value is -0.890. The maximum Gasteiger partial charge on any atom is 0.117 e. The first-order valence-electron chi connectivity index (χ1n) is 2.80. The molecule has 0 aromatic carbocycles. The molecule has 1 aliphatic carbocycles. The van der Waals surface area contributed by atoms with Crippen molar-refractivity contribution in [1.82, 2.24) is 0 Å². The van der Waals surface area contributed by atoms with Crippen molar-refractivity contribution in [3.8, 4) is 0 Å². The topological polar surface area (TPSA) is 33.1 Å². The van der Waals surface area contributed by atoms with Crippen LogP contribution in [-0.2, 0) is 4.74 Å². The van der Waals surface area contributed by atoms with E-state index in [1.807, 2.05) is 18.2 Å². The van der Waals surface area contributed by atoms with Crippen molar-refractivity contribution in [2.24, 2.45) is 0 Å². The lowest BCUT2D eigenvalue weighted by Crippen LogP contribution is -2.18. The third-order valence-electron chi connectivity index (χ3n) is 1.23. The van der Waals surface area contributed by atoms with Crippen LogP contribution in [-0.4, -0.2) is 18.9 Å². The van der Waals surface area contributed by atoms with Gasteiger partial charge in [0.2, 0.25) is 0 Å². The van der Waals surface area contributed by atoms with Gasteiger partial charge in [0.25, 0.3) is 0 Å². The Bertz CT molecular complexity index is 170. The minimum Gasteiger partial charge on any atom is -0.371 e. The molecule has 0 heterocycles. The smallest absolute Gasteiger partial charge is 0.117 e. The average molecular weight is 123 g/mol. The van der Waals surface area contributed by atoms with Gasteiger partial charge in [-0.3, -0.25) is 0 Å². The second-order valence-electron chi connectivity index (χ2n) is 1.86. The van der Waals surface area contributed by atoms with Crippen molar-refractivity contribution in [3.05, 3.63) is 24.3 Å². The molecule has 2 heteroatoms. The standard InChI is InChI=1S/C7H9NO/c1-9-7-5-3-2-4-6(7)8/h2-5,7-8H,1H3/t7-/m0/s1. The normalized spacial score (nSPS) is 25.0. The highest BCUT2D eigenvalue weighted by molar-refractivity contribution is 5.98. The van der Waals surface area contributed by atoms with Gasteiger partial charge in [-0.1, -0.05) is 12.2 Å². The Balaban J connectivity index is 2.66. The van der Waals surface area contributed by atoms with Gasteiger partial charge < -0.3 is 10.1 Å². The number of ether oxygens (including phenoxy) is 1. The maximum atomic E-state index is 7.28. The lowest BCUT2D eigenvalue weighted by atomic mass is 10.1. The Kier molecular flexibility index (Phi) is 1.80. The van der Waals surface area contributed by atoms with Crippen molar-refractivity contribution < 1.29 is 4.74 Å². The zero-order chi connectivity index (χ0) is 6.69. The molecule has 0 spiro atoms. The summed E-state index contributed by atoms with van der Waals surface area (Å²) in [5.41, 5.74) is 0.514. The molecule has 2 nitrogen and oxygen atoms in total. The van der Waals surface area contributed by atoms with Gasteiger partial charge in [-0.05, 0) is 12.2 Å². The number of hydrogen-bond donors (Lipinski definition) is 1. The molecular formula is C7H9NO. The van der Waals surface area contributed by atoms with Gasteiger partial charge in [0.1, 0.15) is 6.10 Å². The van der Waals surface area contributed by atoms with E-state index in [2.05, 4.69) is 0 Å². The highest BCUT2D eigenvalue weighted by atomic mass is 16.5. The molecule has 0 aromatic heterocycles. The molecule has 0 radical (unpaired) electrons. The molecule has 0 unspecified atom stereocenters. The second-order valence-corrected chi connectivity index (χ2v) is 1.86. The van der Waals surface area contributed by atoms with Crippen LogP contribution >= 0.6 is 0 Å². The molecular weight excluding hydrogens is 114 g/mol. The Labute approximate surface area is 54.3 Å². The number of nitrogens with one attached hydrogen (secondary N) is 1. The Morgan fingerprint density at radius 3 is 2.78 bits per heavy atom. The van der Waals surface area contributed by atoms with E-state index in [-0.39, 0.29) is 6.10 Å². The summed E-state index contributed by atoms with van der Waals surface area (Å²) in [5, 5.41) is 7.28. The van der Waals surface area contributed by atoms with Gasteiger partial charge in [-0.2, -0.15) is 0 Å². The Morgan fingerprint density at radius 2 is 2.33 bits per heavy atom. The van der Waals surface area contributed by atoms with E-state index in [1.54, 1.807) is 13.2 Å². The fourth-order valence-corrected chi connectivity index (χ4v) is 0.728. The highest BCUT2D eigenvalue weighted by Crippen LogP contribution is 2.01. The van der Waals surface area contributed by atoms with Crippen molar-refractivity contribution >= 4 is 5.71 Å². The molecule has 0 fully saturated rings. The van der Waals surface area contributed by atoms with E-state index in [0.717, 1.165) is 0 Å². The van der Waals surface area contributed by atoms with E-state index in [1.165, 1.54) is 0 Å². The van der Waals surface area contributed by atoms with Gasteiger partial charge in [0.15, 0.2) is 0 Å². The molecule has 0 aromatic rings. The summed E-state index contributed by atoms with van der Waals surface area (Å²) in [5.74, 6) is 0. The third-order valence-corrected chi connectivity index (χ3v) is 1.23. The van der Waals surface area contributed by atoms with Crippen molar-refractivity contribution in [1.29, 1.82) is 5.41 Å². The van der Waals surface area contributed by atoms with Crippen LogP contribution in [0.1, 0.15) is 0 Å². The summed E-state index contributed by atoms with van der Waals surface area (Å²) in [7, 11) is 1.60. The van der Waals surface area contributed by atoms with E-state index in [9.17, 15) is 0 Å². The van der Waals surface area contributed by atoms with Crippen LogP contribution in [0.15, 0.2) is 24.3 Å². The molecule has 0 saturated carbocycles. The Morgan fingerprint density at radius 1 is 1.56 bits per heavy atom. The van der Waals surface area contributed by atoms with Crippen LogP contribution in [0, 0.1) is 5.41 Å². The first-order valence-corrected chi connectivity index (χ1v) is 2.80. The zero-order valence-corrected chi connectivity index (χ0v) is 5.29. The van der Waals surface area contributed by atoms with Gasteiger partial charge in [0.05, 0.1) is 5.71 Å². The van der Waals surface area contributed by atoms with Crippen LogP contribution in [0.2, 0.25) is 0 Å². The van der Waals surface area contributed by atoms with Crippen molar-refractivity contribution in [2.45, 2.75) is 6.10 Å². The molecule has 48 valence electrons. The minimum absolute atomic E-state index is 0.130. The molecule has 1 aliphatic rings. The van der Waals surface area contributed by atoms with Gasteiger partial charge in [0, 0.05) is 7.11 Å². The zero-order valence-electron chi connectivity index (χ0n) is 5.29. The molecule has 0 saturated heterocycles. The predicted molar refractivity (Wildman–Crippen MR) is 36.8 cm³/mol. The molecule has 1 atom stereocenters. The summed E-state index contributed by atoms with van der Waals surface area (Å²) in [6.07, 6.45) is 7.16. The van der Waals surface area contributed by atoms with Crippen LogP contribution in [0.5, 0.6) is 0 Å². The molecule has 0 aliphatic heterocycles. The summed E-state index contributed by atoms with van der Waals surface area (Å²) < 4.78 is 4.94. The number of hydrogen-bond acceptors (Lipinski definition) is 2. The lowest BCUT2D eigenvalue weighted by molar-refractivity contribution is 0.191. The van der Waals surface area contributed by atoms with Gasteiger partial charge >= 0.3 is 0 Å². The molecule has 1 N–H and O–H groups in total. The monoisotopic (exact) mass is 123 g/mol. The SMILES string of the molecule is CO[C@H]1C=CC=CC1=N. The fraction of sp³-hybridized carbons (Fsp3) is 0.286. The van der Waals surface area contributed by atoms with Gasteiger partial charge in [-0.15, -0.1) is 0 Å². The first-order chi connectivity index (χ1) is 4.34. The predicted octanol–water partition coefficient (Wildman–Crippen LogP) is 1.15. The van der Waals surface area contributed by atoms with E-state index >= 15 is 0 Å². The number of methoxy groups -OCH3 is 1. The molecule has 1 rings (SSSR count). The number of allylic oxidation sites excluding steroid dienone is 2. The second kappa shape index (κ2) is 2.60. The fourth-order valence-electron chi connectivity index (χ4n) is 0.728. The van der Waals surface area contributed by atoms with E-state index < -0.39 is 0 Å². The van der Waals surface area contributed by atoms with Crippen molar-refractivity contribution in [3.63, 3.8) is 0 Å². The lowest BCUT2D eigenvalue weighted by Gasteiger charge is -2.10. The summed E-state index contributed by atoms with van der Waals surface area (Å²) >= 11 is 0. The summed E-state index contributed by atoms with van der Waals surface area (Å²) in [4.78, 5) is 0. The largest absolute Gasteiger partial charge is 0.371 e. The number of rotatable bonds is 1. The summed E-state index contributed by atoms with van der Waals surface area (Å²) in [6.45, 7) is 0. The maximum absolute atomic E-state index is 7.28. The summed E-state index contributed by atoms with van der Waals surface area (Å²) in [6, 6.07) is 0. The van der Waals surface area contributed by atoms with E-state index in [4.69, 9.17) is 10.1 Å². The van der Waals surface area contributed by atoms with Crippen LogP contribution in [0.4, 0.5) is 0 Å². The van der Waals surface area contributed by atoms with Crippen molar-refractivity contribution in [2.75, 3.05) is 7.11 Å². The van der Waals surface area contributed by atoms with E-state index in [0.29, 0.717) is 5.71 Å². The van der Waals surface area contributed by atoms with Crippen LogP contribution in [0.3, 0.4) is 0 Å². The highest BCUT2D eigenvalue weighted by Gasteiger charge is 2.07. The quantitative estimate of drug-likeness (QED) is 0.557. The minimum atomic E-state index is -0.130. The third kappa shape index (κ3) is 1.27. The van der Waals surface area contributed by atoms with Crippen LogP contribution in [0.25, 0.3) is 0 Å². The first kappa shape index (κ1) is 6.23. The van der Waals surface area contributed by atoms with Gasteiger partial charge in [-0.25, -0.2) is 0 Å². The van der Waals surface area contributed by atoms with Crippen LogP contribution < -0.4 is 0 Å². The molecule has 0 amide bonds. The molecule has 9 heavy (non-hydrogen) atoms.